The van der Waals surface area contributed by atoms with Crippen molar-refractivity contribution in [3.05, 3.63) is 64.2 Å². The second-order valence-corrected chi connectivity index (χ2v) is 8.83. The summed E-state index contributed by atoms with van der Waals surface area (Å²) in [4.78, 5) is 12.7. The van der Waals surface area contributed by atoms with Crippen molar-refractivity contribution in [3.8, 4) is 5.75 Å². The van der Waals surface area contributed by atoms with E-state index in [9.17, 15) is 13.2 Å². The monoisotopic (exact) mass is 442 g/mol. The van der Waals surface area contributed by atoms with Gasteiger partial charge in [0.1, 0.15) is 11.8 Å². The molecular weight excluding hydrogens is 416 g/mol. The summed E-state index contributed by atoms with van der Waals surface area (Å²) in [5.74, 6) is 0.255. The Hall–Kier alpha value is -2.13. The Balaban J connectivity index is 0.00000420. The molecule has 2 aromatic carbocycles. The highest BCUT2D eigenvalue weighted by Crippen LogP contribution is 2.20. The highest BCUT2D eigenvalue weighted by molar-refractivity contribution is 7.89. The number of carbonyl (C=O) groups excluding carboxylic acids is 1. The molecule has 29 heavy (non-hydrogen) atoms. The topological polar surface area (TPSA) is 116 Å². The molecule has 160 valence electrons. The smallest absolute Gasteiger partial charge is 0.242 e. The first-order valence-corrected chi connectivity index (χ1v) is 11.0. The van der Waals surface area contributed by atoms with Gasteiger partial charge in [-0.2, -0.15) is 4.72 Å². The molecular formula is C20H27ClN2O5S. The van der Waals surface area contributed by atoms with Crippen LogP contribution in [0.25, 0.3) is 0 Å². The molecule has 0 spiro atoms. The minimum Gasteiger partial charge on any atom is -0.496 e. The number of aryl methyl sites for hydroxylation is 1. The number of sulfonamides is 1. The second-order valence-electron chi connectivity index (χ2n) is 6.35. The van der Waals surface area contributed by atoms with Crippen LogP contribution in [0, 0.1) is 6.92 Å². The van der Waals surface area contributed by atoms with Crippen molar-refractivity contribution in [3.63, 3.8) is 0 Å². The van der Waals surface area contributed by atoms with Gasteiger partial charge >= 0.3 is 0 Å². The van der Waals surface area contributed by atoms with Gasteiger partial charge in [0.05, 0.1) is 12.9 Å². The Bertz CT molecular complexity index is 917. The summed E-state index contributed by atoms with van der Waals surface area (Å²) in [6.07, 6.45) is 0.593. The lowest BCUT2D eigenvalue weighted by Crippen LogP contribution is -2.41. The lowest BCUT2D eigenvalue weighted by molar-refractivity contribution is -0.122. The van der Waals surface area contributed by atoms with Gasteiger partial charge in [-0.25, -0.2) is 8.42 Å². The number of rotatable bonds is 9. The van der Waals surface area contributed by atoms with Crippen LogP contribution >= 0.6 is 11.6 Å². The maximum absolute atomic E-state index is 12.7. The molecule has 1 amide bonds. The predicted octanol–water partition coefficient (Wildman–Crippen LogP) is 2.17. The SMILES string of the molecule is CCS(=O)(=O)NC(C(=O)NCCc1ccc(C)c(OC)c1)c1ccc(Cl)cc1.O. The van der Waals surface area contributed by atoms with Crippen molar-refractivity contribution < 1.29 is 23.4 Å². The fourth-order valence-electron chi connectivity index (χ4n) is 2.64. The summed E-state index contributed by atoms with van der Waals surface area (Å²) in [6.45, 7) is 3.84. The number of methoxy groups -OCH3 is 1. The molecule has 9 heteroatoms. The number of carbonyl (C=O) groups is 1. The molecule has 7 nitrogen and oxygen atoms in total. The van der Waals surface area contributed by atoms with Crippen molar-refractivity contribution in [2.75, 3.05) is 19.4 Å². The maximum atomic E-state index is 12.7. The first-order valence-electron chi connectivity index (χ1n) is 8.92. The Morgan fingerprint density at radius 1 is 1.17 bits per heavy atom. The van der Waals surface area contributed by atoms with Crippen LogP contribution in [0.15, 0.2) is 42.5 Å². The van der Waals surface area contributed by atoms with Crippen molar-refractivity contribution in [1.82, 2.24) is 10.0 Å². The van der Waals surface area contributed by atoms with Gasteiger partial charge < -0.3 is 15.5 Å². The zero-order chi connectivity index (χ0) is 20.7. The Kier molecular flexibility index (Phi) is 9.58. The van der Waals surface area contributed by atoms with Gasteiger partial charge in [0.2, 0.25) is 15.9 Å². The van der Waals surface area contributed by atoms with Crippen LogP contribution in [0.4, 0.5) is 0 Å². The maximum Gasteiger partial charge on any atom is 0.242 e. The molecule has 0 heterocycles. The van der Waals surface area contributed by atoms with Crippen molar-refractivity contribution in [2.45, 2.75) is 26.3 Å². The Morgan fingerprint density at radius 2 is 1.83 bits per heavy atom. The number of benzene rings is 2. The lowest BCUT2D eigenvalue weighted by atomic mass is 10.1. The van der Waals surface area contributed by atoms with Gasteiger partial charge in [0, 0.05) is 11.6 Å². The summed E-state index contributed by atoms with van der Waals surface area (Å²) in [5.41, 5.74) is 2.57. The number of amides is 1. The molecule has 2 rings (SSSR count). The Labute approximate surface area is 176 Å². The van der Waals surface area contributed by atoms with E-state index >= 15 is 0 Å². The molecule has 0 aliphatic rings. The highest BCUT2D eigenvalue weighted by Gasteiger charge is 2.25. The summed E-state index contributed by atoms with van der Waals surface area (Å²) >= 11 is 5.89. The molecule has 0 radical (unpaired) electrons. The molecule has 4 N–H and O–H groups in total. The first-order chi connectivity index (χ1) is 13.3. The van der Waals surface area contributed by atoms with Gasteiger partial charge in [0.15, 0.2) is 0 Å². The van der Waals surface area contributed by atoms with Gasteiger partial charge in [-0.1, -0.05) is 35.9 Å². The average molecular weight is 443 g/mol. The number of nitrogens with one attached hydrogen (secondary N) is 2. The number of ether oxygens (including phenoxy) is 1. The van der Waals surface area contributed by atoms with Gasteiger partial charge in [-0.15, -0.1) is 0 Å². The van der Waals surface area contributed by atoms with Gasteiger partial charge in [-0.05, 0) is 55.2 Å². The highest BCUT2D eigenvalue weighted by atomic mass is 35.5. The summed E-state index contributed by atoms with van der Waals surface area (Å²) in [5, 5.41) is 3.31. The molecule has 0 aliphatic heterocycles. The summed E-state index contributed by atoms with van der Waals surface area (Å²) < 4.78 is 31.8. The zero-order valence-corrected chi connectivity index (χ0v) is 18.2. The largest absolute Gasteiger partial charge is 0.496 e. The normalized spacial score (nSPS) is 12.0. The van der Waals surface area contributed by atoms with Crippen molar-refractivity contribution in [1.29, 1.82) is 0 Å². The van der Waals surface area contributed by atoms with Crippen LogP contribution in [-0.2, 0) is 21.2 Å². The number of halogens is 1. The summed E-state index contributed by atoms with van der Waals surface area (Å²) in [6, 6.07) is 11.4. The van der Waals surface area contributed by atoms with E-state index in [1.165, 1.54) is 6.92 Å². The first kappa shape index (κ1) is 24.9. The fourth-order valence-corrected chi connectivity index (χ4v) is 3.54. The van der Waals surface area contributed by atoms with Crippen molar-refractivity contribution in [2.24, 2.45) is 0 Å². The predicted molar refractivity (Wildman–Crippen MR) is 115 cm³/mol. The standard InChI is InChI=1S/C20H25ClN2O4S.H2O/c1-4-28(25,26)23-19(16-7-9-17(21)10-8-16)20(24)22-12-11-15-6-5-14(2)18(13-15)27-3;/h5-10,13,19,23H,4,11-12H2,1-3H3,(H,22,24);1H2. The molecule has 0 fully saturated rings. The van der Waals surface area contributed by atoms with E-state index in [2.05, 4.69) is 10.0 Å². The molecule has 1 unspecified atom stereocenters. The number of hydrogen-bond acceptors (Lipinski definition) is 4. The van der Waals surface area contributed by atoms with E-state index in [0.717, 1.165) is 16.9 Å². The molecule has 0 saturated heterocycles. The second kappa shape index (κ2) is 11.2. The molecule has 0 aliphatic carbocycles. The molecule has 1 atom stereocenters. The van der Waals surface area contributed by atoms with Gasteiger partial charge in [-0.3, -0.25) is 4.79 Å². The van der Waals surface area contributed by atoms with E-state index in [0.29, 0.717) is 23.6 Å². The van der Waals surface area contributed by atoms with Crippen molar-refractivity contribution >= 4 is 27.5 Å². The van der Waals surface area contributed by atoms with E-state index in [4.69, 9.17) is 16.3 Å². The van der Waals surface area contributed by atoms with E-state index < -0.39 is 22.0 Å². The minimum absolute atomic E-state index is 0. The van der Waals surface area contributed by atoms with E-state index in [1.807, 2.05) is 25.1 Å². The minimum atomic E-state index is -3.57. The van der Waals surface area contributed by atoms with E-state index in [-0.39, 0.29) is 11.2 Å². The molecule has 0 saturated carbocycles. The fraction of sp³-hybridized carbons (Fsp3) is 0.350. The van der Waals surface area contributed by atoms with Gasteiger partial charge in [0.25, 0.3) is 0 Å². The summed E-state index contributed by atoms with van der Waals surface area (Å²) in [7, 11) is -1.96. The Morgan fingerprint density at radius 3 is 2.41 bits per heavy atom. The molecule has 0 bridgehead atoms. The zero-order valence-electron chi connectivity index (χ0n) is 16.7. The van der Waals surface area contributed by atoms with Crippen LogP contribution < -0.4 is 14.8 Å². The van der Waals surface area contributed by atoms with Crippen LogP contribution in [0.3, 0.4) is 0 Å². The third kappa shape index (κ3) is 7.32. The quantitative estimate of drug-likeness (QED) is 0.618. The number of hydrogen-bond donors (Lipinski definition) is 2. The van der Waals surface area contributed by atoms with E-state index in [1.54, 1.807) is 31.4 Å². The molecule has 2 aromatic rings. The van der Waals surface area contributed by atoms with Crippen LogP contribution in [0.1, 0.15) is 29.7 Å². The third-order valence-corrected chi connectivity index (χ3v) is 5.94. The third-order valence-electron chi connectivity index (χ3n) is 4.33. The van der Waals surface area contributed by atoms with Crippen LogP contribution in [0.5, 0.6) is 5.75 Å². The lowest BCUT2D eigenvalue weighted by Gasteiger charge is -2.19. The molecule has 0 aromatic heterocycles. The average Bonchev–Trinajstić information content (AvgIpc) is 2.68. The van der Waals surface area contributed by atoms with Crippen LogP contribution in [-0.4, -0.2) is 39.2 Å². The van der Waals surface area contributed by atoms with Crippen LogP contribution in [0.2, 0.25) is 5.02 Å².